The van der Waals surface area contributed by atoms with Gasteiger partial charge in [0.2, 0.25) is 0 Å². The van der Waals surface area contributed by atoms with E-state index in [1.807, 2.05) is 13.8 Å². The molecule has 0 bridgehead atoms. The van der Waals surface area contributed by atoms with Gasteiger partial charge in [0, 0.05) is 26.2 Å². The molecule has 0 aromatic heterocycles. The van der Waals surface area contributed by atoms with E-state index < -0.39 is 0 Å². The standard InChI is InChI=1S/C19H42N6O2.2ClH/c1-3-22-18(26)24-16-10-14-20-12-8-6-5-7-9-13-21-15-11-17-25-19(27)23-4-2;;/h20-21H,3-17H2,1-2H3,(H2,22,24,26)(H2,23,25,27);2*1H. The second-order valence-corrected chi connectivity index (χ2v) is 6.55. The van der Waals surface area contributed by atoms with Gasteiger partial charge in [-0.1, -0.05) is 19.3 Å². The van der Waals surface area contributed by atoms with Crippen LogP contribution in [0.15, 0.2) is 0 Å². The molecule has 0 atom stereocenters. The van der Waals surface area contributed by atoms with Crippen molar-refractivity contribution in [3.05, 3.63) is 0 Å². The Hall–Kier alpha value is -0.960. The van der Waals surface area contributed by atoms with Gasteiger partial charge in [-0.15, -0.1) is 24.8 Å². The first kappa shape index (κ1) is 32.7. The molecule has 0 unspecified atom stereocenters. The number of amides is 4. The van der Waals surface area contributed by atoms with E-state index in [4.69, 9.17) is 0 Å². The van der Waals surface area contributed by atoms with Gasteiger partial charge >= 0.3 is 12.1 Å². The van der Waals surface area contributed by atoms with Crippen molar-refractivity contribution in [2.45, 2.75) is 58.8 Å². The van der Waals surface area contributed by atoms with E-state index in [0.717, 1.165) is 39.0 Å². The fourth-order valence-corrected chi connectivity index (χ4v) is 2.56. The first-order valence-corrected chi connectivity index (χ1v) is 10.7. The first-order chi connectivity index (χ1) is 13.2. The molecule has 0 saturated heterocycles. The summed E-state index contributed by atoms with van der Waals surface area (Å²) < 4.78 is 0. The topological polar surface area (TPSA) is 106 Å². The van der Waals surface area contributed by atoms with Crippen LogP contribution in [0.2, 0.25) is 0 Å². The Morgan fingerprint density at radius 1 is 0.483 bits per heavy atom. The van der Waals surface area contributed by atoms with Gasteiger partial charge in [0.25, 0.3) is 0 Å². The Morgan fingerprint density at radius 2 is 0.828 bits per heavy atom. The van der Waals surface area contributed by atoms with Gasteiger partial charge < -0.3 is 31.9 Å². The predicted molar refractivity (Wildman–Crippen MR) is 127 cm³/mol. The maximum absolute atomic E-state index is 11.2. The van der Waals surface area contributed by atoms with Crippen molar-refractivity contribution in [2.24, 2.45) is 0 Å². The zero-order valence-corrected chi connectivity index (χ0v) is 19.9. The Balaban J connectivity index is -0.00000338. The molecule has 0 heterocycles. The summed E-state index contributed by atoms with van der Waals surface area (Å²) in [6.45, 7) is 10.6. The summed E-state index contributed by atoms with van der Waals surface area (Å²) in [5, 5.41) is 17.9. The number of nitrogens with one attached hydrogen (secondary N) is 6. The van der Waals surface area contributed by atoms with E-state index in [9.17, 15) is 9.59 Å². The highest BCUT2D eigenvalue weighted by molar-refractivity contribution is 5.85. The monoisotopic (exact) mass is 458 g/mol. The van der Waals surface area contributed by atoms with Gasteiger partial charge in [-0.3, -0.25) is 0 Å². The highest BCUT2D eigenvalue weighted by Gasteiger charge is 1.97. The van der Waals surface area contributed by atoms with Gasteiger partial charge in [0.05, 0.1) is 0 Å². The molecule has 0 aliphatic heterocycles. The summed E-state index contributed by atoms with van der Waals surface area (Å²) >= 11 is 0. The van der Waals surface area contributed by atoms with Crippen LogP contribution in [0.25, 0.3) is 0 Å². The van der Waals surface area contributed by atoms with Crippen LogP contribution >= 0.6 is 24.8 Å². The molecule has 0 rings (SSSR count). The molecular weight excluding hydrogens is 415 g/mol. The Labute approximate surface area is 189 Å². The highest BCUT2D eigenvalue weighted by atomic mass is 35.5. The third-order valence-corrected chi connectivity index (χ3v) is 4.01. The minimum absolute atomic E-state index is 0. The smallest absolute Gasteiger partial charge is 0.314 e. The molecule has 0 spiro atoms. The predicted octanol–water partition coefficient (Wildman–Crippen LogP) is 2.38. The van der Waals surface area contributed by atoms with E-state index in [-0.39, 0.29) is 36.9 Å². The normalized spacial score (nSPS) is 9.72. The average Bonchev–Trinajstić information content (AvgIpc) is 2.64. The van der Waals surface area contributed by atoms with Crippen LogP contribution in [-0.4, -0.2) is 64.4 Å². The molecule has 0 aromatic rings. The number of hydrogen-bond acceptors (Lipinski definition) is 4. The van der Waals surface area contributed by atoms with Crippen molar-refractivity contribution in [1.82, 2.24) is 31.9 Å². The van der Waals surface area contributed by atoms with Gasteiger partial charge in [-0.05, 0) is 65.7 Å². The van der Waals surface area contributed by atoms with Crippen molar-refractivity contribution in [1.29, 1.82) is 0 Å². The number of unbranched alkanes of at least 4 members (excludes halogenated alkanes) is 4. The van der Waals surface area contributed by atoms with E-state index in [1.165, 1.54) is 32.1 Å². The van der Waals surface area contributed by atoms with Crippen molar-refractivity contribution in [2.75, 3.05) is 52.4 Å². The number of carbonyl (C=O) groups excluding carboxylic acids is 2. The molecule has 29 heavy (non-hydrogen) atoms. The lowest BCUT2D eigenvalue weighted by Gasteiger charge is -2.08. The molecule has 10 heteroatoms. The minimum atomic E-state index is -0.0805. The maximum atomic E-state index is 11.2. The quantitative estimate of drug-likeness (QED) is 0.177. The largest absolute Gasteiger partial charge is 0.338 e. The zero-order valence-electron chi connectivity index (χ0n) is 18.2. The lowest BCUT2D eigenvalue weighted by atomic mass is 10.1. The average molecular weight is 460 g/mol. The van der Waals surface area contributed by atoms with Crippen molar-refractivity contribution >= 4 is 36.9 Å². The van der Waals surface area contributed by atoms with Gasteiger partial charge in [0.1, 0.15) is 0 Å². The summed E-state index contributed by atoms with van der Waals surface area (Å²) in [6.07, 6.45) is 8.15. The van der Waals surface area contributed by atoms with Gasteiger partial charge in [-0.25, -0.2) is 9.59 Å². The highest BCUT2D eigenvalue weighted by Crippen LogP contribution is 2.01. The number of halogens is 2. The molecule has 0 aliphatic rings. The zero-order chi connectivity index (χ0) is 20.0. The van der Waals surface area contributed by atoms with Crippen LogP contribution < -0.4 is 31.9 Å². The van der Waals surface area contributed by atoms with E-state index in [0.29, 0.717) is 26.2 Å². The van der Waals surface area contributed by atoms with Crippen molar-refractivity contribution in [3.8, 4) is 0 Å². The molecule has 0 fully saturated rings. The second kappa shape index (κ2) is 27.0. The maximum Gasteiger partial charge on any atom is 0.314 e. The number of rotatable bonds is 18. The molecule has 6 N–H and O–H groups in total. The SMILES string of the molecule is CCNC(=O)NCCCNCCCCCCCNCCCNC(=O)NCC.Cl.Cl. The van der Waals surface area contributed by atoms with Crippen LogP contribution in [0, 0.1) is 0 Å². The molecule has 176 valence electrons. The van der Waals surface area contributed by atoms with Crippen LogP contribution in [0.1, 0.15) is 58.8 Å². The lowest BCUT2D eigenvalue weighted by molar-refractivity contribution is 0.240. The van der Waals surface area contributed by atoms with Crippen molar-refractivity contribution < 1.29 is 9.59 Å². The summed E-state index contributed by atoms with van der Waals surface area (Å²) in [4.78, 5) is 22.3. The van der Waals surface area contributed by atoms with Crippen LogP contribution in [-0.2, 0) is 0 Å². The van der Waals surface area contributed by atoms with Crippen LogP contribution in [0.5, 0.6) is 0 Å². The minimum Gasteiger partial charge on any atom is -0.338 e. The fourth-order valence-electron chi connectivity index (χ4n) is 2.56. The Morgan fingerprint density at radius 3 is 1.21 bits per heavy atom. The lowest BCUT2D eigenvalue weighted by Crippen LogP contribution is -2.36. The summed E-state index contributed by atoms with van der Waals surface area (Å²) in [5.74, 6) is 0. The van der Waals surface area contributed by atoms with E-state index in [1.54, 1.807) is 0 Å². The van der Waals surface area contributed by atoms with Crippen LogP contribution in [0.3, 0.4) is 0 Å². The van der Waals surface area contributed by atoms with E-state index in [2.05, 4.69) is 31.9 Å². The number of carbonyl (C=O) groups is 2. The van der Waals surface area contributed by atoms with E-state index >= 15 is 0 Å². The summed E-state index contributed by atoms with van der Waals surface area (Å²) in [6, 6.07) is -0.161. The third kappa shape index (κ3) is 27.0. The molecule has 0 saturated carbocycles. The second-order valence-electron chi connectivity index (χ2n) is 6.55. The molecule has 0 aromatic carbocycles. The van der Waals surface area contributed by atoms with Gasteiger partial charge in [-0.2, -0.15) is 0 Å². The van der Waals surface area contributed by atoms with Crippen LogP contribution in [0.4, 0.5) is 9.59 Å². The fraction of sp³-hybridized carbons (Fsp3) is 0.895. The molecule has 0 radical (unpaired) electrons. The number of hydrogen-bond donors (Lipinski definition) is 6. The third-order valence-electron chi connectivity index (χ3n) is 4.01. The number of urea groups is 2. The van der Waals surface area contributed by atoms with Gasteiger partial charge in [0.15, 0.2) is 0 Å². The molecule has 4 amide bonds. The molecule has 8 nitrogen and oxygen atoms in total. The molecule has 0 aliphatic carbocycles. The first-order valence-electron chi connectivity index (χ1n) is 10.7. The molecular formula is C19H44Cl2N6O2. The Bertz CT molecular complexity index is 334. The summed E-state index contributed by atoms with van der Waals surface area (Å²) in [5.41, 5.74) is 0. The Kier molecular flexibility index (Phi) is 30.5. The van der Waals surface area contributed by atoms with Crippen molar-refractivity contribution in [3.63, 3.8) is 0 Å². The summed E-state index contributed by atoms with van der Waals surface area (Å²) in [7, 11) is 0.